The largest absolute Gasteiger partial charge is 0.483 e. The van der Waals surface area contributed by atoms with Gasteiger partial charge in [0.15, 0.2) is 6.61 Å². The third kappa shape index (κ3) is 8.26. The monoisotopic (exact) mass is 652 g/mol. The van der Waals surface area contributed by atoms with Gasteiger partial charge in [-0.3, -0.25) is 24.0 Å². The minimum Gasteiger partial charge on any atom is -0.483 e. The first kappa shape index (κ1) is 33.4. The maximum Gasteiger partial charge on any atom is 0.409 e. The van der Waals surface area contributed by atoms with E-state index in [1.165, 1.54) is 20.8 Å². The standard InChI is InChI=1S/C32H40N6O9/c1-3-46-32(45)37-13-11-36(12-14-37)31(44)24(17-28(40)41)35-29(42)23-16-26(21-9-6-19(2)15-22(21)34-23)47-18-27(39)38-10-4-5-25(38)30(43)33-20-7-8-20/h6,9,15-16,20,24-25H,3-5,7-8,10-14,17-18H2,1-2H3,(H,33,43)(H,35,42)(H,40,41)/t24-,25-/m0/s1. The summed E-state index contributed by atoms with van der Waals surface area (Å²) in [5.74, 6) is -3.02. The number of amides is 5. The second-order valence-corrected chi connectivity index (χ2v) is 12.0. The number of carbonyl (C=O) groups is 6. The highest BCUT2D eigenvalue weighted by Gasteiger charge is 2.37. The quantitative estimate of drug-likeness (QED) is 0.317. The van der Waals surface area contributed by atoms with Gasteiger partial charge in [-0.05, 0) is 57.2 Å². The van der Waals surface area contributed by atoms with Gasteiger partial charge in [0.1, 0.15) is 23.5 Å². The highest BCUT2D eigenvalue weighted by Crippen LogP contribution is 2.28. The fourth-order valence-corrected chi connectivity index (χ4v) is 5.78. The summed E-state index contributed by atoms with van der Waals surface area (Å²) in [7, 11) is 0. The average molecular weight is 653 g/mol. The van der Waals surface area contributed by atoms with E-state index in [1.54, 1.807) is 19.1 Å². The molecule has 0 spiro atoms. The lowest BCUT2D eigenvalue weighted by molar-refractivity contribution is -0.143. The van der Waals surface area contributed by atoms with Crippen LogP contribution in [0.2, 0.25) is 0 Å². The van der Waals surface area contributed by atoms with Crippen LogP contribution in [0, 0.1) is 6.92 Å². The van der Waals surface area contributed by atoms with E-state index < -0.39 is 42.4 Å². The molecule has 1 aliphatic carbocycles. The number of hydrogen-bond donors (Lipinski definition) is 3. The van der Waals surface area contributed by atoms with Gasteiger partial charge in [0, 0.05) is 50.2 Å². The number of rotatable bonds is 11. The van der Waals surface area contributed by atoms with Crippen molar-refractivity contribution in [1.29, 1.82) is 0 Å². The van der Waals surface area contributed by atoms with Crippen LogP contribution >= 0.6 is 0 Å². The molecule has 1 aromatic heterocycles. The number of piperazine rings is 1. The van der Waals surface area contributed by atoms with Crippen molar-refractivity contribution >= 4 is 46.6 Å². The van der Waals surface area contributed by atoms with Crippen molar-refractivity contribution in [3.05, 3.63) is 35.5 Å². The van der Waals surface area contributed by atoms with Gasteiger partial charge in [-0.15, -0.1) is 0 Å². The topological polar surface area (TPSA) is 188 Å². The highest BCUT2D eigenvalue weighted by atomic mass is 16.6. The lowest BCUT2D eigenvalue weighted by Crippen LogP contribution is -2.56. The zero-order valence-electron chi connectivity index (χ0n) is 26.5. The number of ether oxygens (including phenoxy) is 2. The number of hydrogen-bond acceptors (Lipinski definition) is 9. The molecule has 5 amide bonds. The van der Waals surface area contributed by atoms with E-state index in [2.05, 4.69) is 15.6 Å². The van der Waals surface area contributed by atoms with Crippen molar-refractivity contribution in [3.8, 4) is 5.75 Å². The number of benzene rings is 1. The number of nitrogens with zero attached hydrogens (tertiary/aromatic N) is 4. The second-order valence-electron chi connectivity index (χ2n) is 12.0. The van der Waals surface area contributed by atoms with Crippen molar-refractivity contribution in [2.45, 2.75) is 64.1 Å². The average Bonchev–Trinajstić information content (AvgIpc) is 3.72. The van der Waals surface area contributed by atoms with Crippen molar-refractivity contribution in [2.24, 2.45) is 0 Å². The van der Waals surface area contributed by atoms with Gasteiger partial charge in [0.05, 0.1) is 18.5 Å². The molecule has 2 saturated heterocycles. The Morgan fingerprint density at radius 2 is 1.72 bits per heavy atom. The number of aromatic nitrogens is 1. The van der Waals surface area contributed by atoms with E-state index in [0.29, 0.717) is 30.3 Å². The third-order valence-corrected chi connectivity index (χ3v) is 8.41. The van der Waals surface area contributed by atoms with Gasteiger partial charge in [0.25, 0.3) is 11.8 Å². The molecular weight excluding hydrogens is 612 g/mol. The number of carboxylic acids is 1. The summed E-state index contributed by atoms with van der Waals surface area (Å²) >= 11 is 0. The van der Waals surface area contributed by atoms with Crippen LogP contribution in [0.3, 0.4) is 0 Å². The number of nitrogens with one attached hydrogen (secondary N) is 2. The number of aliphatic carboxylic acids is 1. The molecule has 3 aliphatic rings. The van der Waals surface area contributed by atoms with Gasteiger partial charge >= 0.3 is 12.1 Å². The Kier molecular flexibility index (Phi) is 10.4. The predicted octanol–water partition coefficient (Wildman–Crippen LogP) is 1.07. The van der Waals surface area contributed by atoms with Crippen LogP contribution in [0.25, 0.3) is 10.9 Å². The van der Waals surface area contributed by atoms with Crippen LogP contribution in [0.1, 0.15) is 55.1 Å². The summed E-state index contributed by atoms with van der Waals surface area (Å²) in [4.78, 5) is 85.3. The van der Waals surface area contributed by atoms with E-state index in [0.717, 1.165) is 18.4 Å². The Labute approximate surface area is 271 Å². The van der Waals surface area contributed by atoms with Crippen molar-refractivity contribution in [1.82, 2.24) is 30.3 Å². The molecule has 0 bridgehead atoms. The predicted molar refractivity (Wildman–Crippen MR) is 167 cm³/mol. The lowest BCUT2D eigenvalue weighted by Gasteiger charge is -2.35. The summed E-state index contributed by atoms with van der Waals surface area (Å²) in [6.45, 7) is 4.50. The molecule has 5 rings (SSSR count). The van der Waals surface area contributed by atoms with E-state index >= 15 is 0 Å². The molecule has 2 aromatic rings. The maximum atomic E-state index is 13.5. The van der Waals surface area contributed by atoms with Crippen LogP contribution in [0.4, 0.5) is 4.79 Å². The molecule has 47 heavy (non-hydrogen) atoms. The molecule has 2 aliphatic heterocycles. The Morgan fingerprint density at radius 3 is 2.40 bits per heavy atom. The molecule has 3 heterocycles. The second kappa shape index (κ2) is 14.6. The smallest absolute Gasteiger partial charge is 0.409 e. The number of fused-ring (bicyclic) bond motifs is 1. The van der Waals surface area contributed by atoms with Crippen LogP contribution in [0.5, 0.6) is 5.75 Å². The normalized spacial score (nSPS) is 18.4. The van der Waals surface area contributed by atoms with E-state index in [-0.39, 0.29) is 68.7 Å². The van der Waals surface area contributed by atoms with Gasteiger partial charge < -0.3 is 39.9 Å². The zero-order chi connectivity index (χ0) is 33.7. The molecule has 252 valence electrons. The van der Waals surface area contributed by atoms with Gasteiger partial charge in [-0.2, -0.15) is 0 Å². The Morgan fingerprint density at radius 1 is 1.00 bits per heavy atom. The Balaban J connectivity index is 1.29. The van der Waals surface area contributed by atoms with Crippen LogP contribution in [-0.4, -0.2) is 125 Å². The zero-order valence-corrected chi connectivity index (χ0v) is 26.5. The minimum absolute atomic E-state index is 0.135. The van der Waals surface area contributed by atoms with Crippen molar-refractivity contribution in [3.63, 3.8) is 0 Å². The first-order chi connectivity index (χ1) is 22.5. The fraction of sp³-hybridized carbons (Fsp3) is 0.531. The molecule has 2 atom stereocenters. The number of carbonyl (C=O) groups excluding carboxylic acids is 5. The summed E-state index contributed by atoms with van der Waals surface area (Å²) in [6, 6.07) is 4.91. The molecule has 1 saturated carbocycles. The Bertz CT molecular complexity index is 1550. The molecule has 15 heteroatoms. The van der Waals surface area contributed by atoms with E-state index in [4.69, 9.17) is 9.47 Å². The van der Waals surface area contributed by atoms with Crippen molar-refractivity contribution < 1.29 is 43.3 Å². The number of aryl methyl sites for hydroxylation is 1. The highest BCUT2D eigenvalue weighted by molar-refractivity contribution is 6.00. The molecule has 1 aromatic carbocycles. The molecule has 0 unspecified atom stereocenters. The van der Waals surface area contributed by atoms with Gasteiger partial charge in [0.2, 0.25) is 11.8 Å². The summed E-state index contributed by atoms with van der Waals surface area (Å²) in [5, 5.41) is 15.5. The third-order valence-electron chi connectivity index (χ3n) is 8.41. The summed E-state index contributed by atoms with van der Waals surface area (Å²) in [6.07, 6.45) is 2.00. The van der Waals surface area contributed by atoms with Crippen molar-refractivity contribution in [2.75, 3.05) is 45.9 Å². The molecule has 15 nitrogen and oxygen atoms in total. The molecular formula is C32H40N6O9. The molecule has 3 fully saturated rings. The lowest BCUT2D eigenvalue weighted by atomic mass is 10.1. The maximum absolute atomic E-state index is 13.5. The van der Waals surface area contributed by atoms with E-state index in [1.807, 2.05) is 13.0 Å². The fourth-order valence-electron chi connectivity index (χ4n) is 5.78. The summed E-state index contributed by atoms with van der Waals surface area (Å²) in [5.41, 5.74) is 1.12. The Hall–Kier alpha value is -4.95. The first-order valence-electron chi connectivity index (χ1n) is 15.9. The van der Waals surface area contributed by atoms with Crippen LogP contribution in [-0.2, 0) is 23.9 Å². The molecule has 3 N–H and O–H groups in total. The first-order valence-corrected chi connectivity index (χ1v) is 15.9. The number of pyridine rings is 1. The van der Waals surface area contributed by atoms with Gasteiger partial charge in [-0.25, -0.2) is 9.78 Å². The number of likely N-dealkylation sites (tertiary alicyclic amines) is 1. The SMILES string of the molecule is CCOC(=O)N1CCN(C(=O)[C@H](CC(=O)O)NC(=O)c2cc(OCC(=O)N3CCC[C@H]3C(=O)NC3CC3)c3ccc(C)cc3n2)CC1. The minimum atomic E-state index is -1.40. The molecule has 0 radical (unpaired) electrons. The number of carboxylic acid groups (broad SMARTS) is 1. The summed E-state index contributed by atoms with van der Waals surface area (Å²) < 4.78 is 11.0. The van der Waals surface area contributed by atoms with Gasteiger partial charge in [-0.1, -0.05) is 6.07 Å². The van der Waals surface area contributed by atoms with Crippen LogP contribution in [0.15, 0.2) is 24.3 Å². The van der Waals surface area contributed by atoms with Crippen LogP contribution < -0.4 is 15.4 Å². The van der Waals surface area contributed by atoms with E-state index in [9.17, 15) is 33.9 Å².